The molecule has 2 aromatic rings. The Hall–Kier alpha value is -1.51. The third-order valence-electron chi connectivity index (χ3n) is 2.74. The molecule has 3 heteroatoms. The summed E-state index contributed by atoms with van der Waals surface area (Å²) in [7, 11) is 1.63. The molecule has 0 saturated carbocycles. The number of H-pyrrole nitrogens is 1. The number of ether oxygens (including phenoxy) is 1. The highest BCUT2D eigenvalue weighted by atomic mass is 16.5. The number of fused-ring (bicyclic) bond motifs is 1. The molecule has 0 aliphatic heterocycles. The minimum absolute atomic E-state index is 0.503. The molecule has 0 radical (unpaired) electrons. The summed E-state index contributed by atoms with van der Waals surface area (Å²) < 4.78 is 5.10. The van der Waals surface area contributed by atoms with Crippen molar-refractivity contribution in [2.24, 2.45) is 0 Å². The van der Waals surface area contributed by atoms with Crippen LogP contribution in [0.2, 0.25) is 0 Å². The van der Waals surface area contributed by atoms with Gasteiger partial charge in [-0.3, -0.25) is 0 Å². The first-order valence-corrected chi connectivity index (χ1v) is 5.15. The maximum Gasteiger partial charge on any atom is 0.215 e. The summed E-state index contributed by atoms with van der Waals surface area (Å²) in [4.78, 5) is 7.63. The van der Waals surface area contributed by atoms with Crippen LogP contribution in [0.15, 0.2) is 12.3 Å². The van der Waals surface area contributed by atoms with Crippen molar-refractivity contribution >= 4 is 10.9 Å². The molecule has 0 amide bonds. The molecule has 0 fully saturated rings. The summed E-state index contributed by atoms with van der Waals surface area (Å²) in [5, 5.41) is 1.18. The van der Waals surface area contributed by atoms with Crippen molar-refractivity contribution in [3.05, 3.63) is 23.5 Å². The van der Waals surface area contributed by atoms with Crippen LogP contribution < -0.4 is 4.74 Å². The number of hydrogen-bond acceptors (Lipinski definition) is 2. The van der Waals surface area contributed by atoms with Gasteiger partial charge >= 0.3 is 0 Å². The van der Waals surface area contributed by atoms with Gasteiger partial charge in [0.25, 0.3) is 0 Å². The molecule has 0 aromatic carbocycles. The zero-order chi connectivity index (χ0) is 11.0. The highest BCUT2D eigenvalue weighted by Gasteiger charge is 2.11. The molecule has 0 atom stereocenters. The first-order valence-electron chi connectivity index (χ1n) is 5.15. The molecule has 0 aliphatic rings. The normalized spacial score (nSPS) is 11.3. The van der Waals surface area contributed by atoms with E-state index in [1.54, 1.807) is 7.11 Å². The molecular weight excluding hydrogens is 188 g/mol. The fraction of sp³-hybridized carbons (Fsp3) is 0.417. The average Bonchev–Trinajstić information content (AvgIpc) is 2.55. The SMILES string of the molecule is COc1cc2[nH]c(C(C)C)c(C)c2cn1. The van der Waals surface area contributed by atoms with Crippen molar-refractivity contribution in [1.29, 1.82) is 0 Å². The molecule has 2 heterocycles. The third kappa shape index (κ3) is 1.58. The highest BCUT2D eigenvalue weighted by Crippen LogP contribution is 2.27. The topological polar surface area (TPSA) is 37.9 Å². The van der Waals surface area contributed by atoms with Crippen LogP contribution in [0.1, 0.15) is 31.0 Å². The lowest BCUT2D eigenvalue weighted by molar-refractivity contribution is 0.398. The second-order valence-corrected chi connectivity index (χ2v) is 4.09. The van der Waals surface area contributed by atoms with E-state index >= 15 is 0 Å². The van der Waals surface area contributed by atoms with Crippen LogP contribution in [0.4, 0.5) is 0 Å². The van der Waals surface area contributed by atoms with Gasteiger partial charge in [0.1, 0.15) is 0 Å². The number of aromatic amines is 1. The smallest absolute Gasteiger partial charge is 0.215 e. The molecule has 80 valence electrons. The molecule has 2 rings (SSSR count). The Kier molecular flexibility index (Phi) is 2.39. The fourth-order valence-electron chi connectivity index (χ4n) is 1.91. The van der Waals surface area contributed by atoms with Crippen molar-refractivity contribution in [3.8, 4) is 5.88 Å². The molecule has 0 spiro atoms. The van der Waals surface area contributed by atoms with Gasteiger partial charge in [-0.1, -0.05) is 13.8 Å². The average molecular weight is 204 g/mol. The summed E-state index contributed by atoms with van der Waals surface area (Å²) in [6.07, 6.45) is 1.87. The Labute approximate surface area is 89.5 Å². The fourth-order valence-corrected chi connectivity index (χ4v) is 1.91. The lowest BCUT2D eigenvalue weighted by Gasteiger charge is -2.02. The second-order valence-electron chi connectivity index (χ2n) is 4.09. The van der Waals surface area contributed by atoms with Gasteiger partial charge < -0.3 is 9.72 Å². The summed E-state index contributed by atoms with van der Waals surface area (Å²) in [6.45, 7) is 6.49. The lowest BCUT2D eigenvalue weighted by Crippen LogP contribution is -1.88. The number of pyridine rings is 1. The monoisotopic (exact) mass is 204 g/mol. The van der Waals surface area contributed by atoms with Crippen molar-refractivity contribution in [2.75, 3.05) is 7.11 Å². The van der Waals surface area contributed by atoms with E-state index in [-0.39, 0.29) is 0 Å². The van der Waals surface area contributed by atoms with E-state index in [4.69, 9.17) is 4.74 Å². The highest BCUT2D eigenvalue weighted by molar-refractivity contribution is 5.84. The van der Waals surface area contributed by atoms with Gasteiger partial charge in [0.2, 0.25) is 5.88 Å². The van der Waals surface area contributed by atoms with E-state index in [1.807, 2.05) is 12.3 Å². The quantitative estimate of drug-likeness (QED) is 0.816. The van der Waals surface area contributed by atoms with E-state index in [9.17, 15) is 0 Å². The zero-order valence-corrected chi connectivity index (χ0v) is 9.59. The molecule has 15 heavy (non-hydrogen) atoms. The second kappa shape index (κ2) is 3.57. The number of aromatic nitrogens is 2. The summed E-state index contributed by atoms with van der Waals surface area (Å²) in [6, 6.07) is 1.94. The number of methoxy groups -OCH3 is 1. The first kappa shape index (κ1) is 10.0. The third-order valence-corrected chi connectivity index (χ3v) is 2.74. The van der Waals surface area contributed by atoms with Gasteiger partial charge in [0.05, 0.1) is 12.6 Å². The van der Waals surface area contributed by atoms with Crippen molar-refractivity contribution < 1.29 is 4.74 Å². The van der Waals surface area contributed by atoms with Gasteiger partial charge in [-0.05, 0) is 18.4 Å². The van der Waals surface area contributed by atoms with E-state index in [0.29, 0.717) is 11.8 Å². The molecule has 0 bridgehead atoms. The molecule has 1 N–H and O–H groups in total. The van der Waals surface area contributed by atoms with Crippen LogP contribution in [0, 0.1) is 6.92 Å². The van der Waals surface area contributed by atoms with Crippen LogP contribution in [0.25, 0.3) is 10.9 Å². The van der Waals surface area contributed by atoms with Crippen molar-refractivity contribution in [2.45, 2.75) is 26.7 Å². The predicted octanol–water partition coefficient (Wildman–Crippen LogP) is 3.00. The molecule has 2 aromatic heterocycles. The van der Waals surface area contributed by atoms with Crippen molar-refractivity contribution in [3.63, 3.8) is 0 Å². The van der Waals surface area contributed by atoms with Gasteiger partial charge in [0, 0.05) is 23.3 Å². The Morgan fingerprint density at radius 3 is 2.73 bits per heavy atom. The van der Waals surface area contributed by atoms with Gasteiger partial charge in [-0.2, -0.15) is 0 Å². The maximum atomic E-state index is 5.10. The van der Waals surface area contributed by atoms with Crippen LogP contribution >= 0.6 is 0 Å². The number of nitrogens with zero attached hydrogens (tertiary/aromatic N) is 1. The van der Waals surface area contributed by atoms with Crippen molar-refractivity contribution in [1.82, 2.24) is 9.97 Å². The van der Waals surface area contributed by atoms with E-state index in [2.05, 4.69) is 30.7 Å². The molecular formula is C12H16N2O. The molecule has 0 saturated heterocycles. The lowest BCUT2D eigenvalue weighted by atomic mass is 10.1. The molecule has 0 aliphatic carbocycles. The number of nitrogens with one attached hydrogen (secondary N) is 1. The van der Waals surface area contributed by atoms with Crippen LogP contribution in [-0.4, -0.2) is 17.1 Å². The standard InChI is InChI=1S/C12H16N2O/c1-7(2)12-8(3)9-6-13-11(15-4)5-10(9)14-12/h5-7,14H,1-4H3. The summed E-state index contributed by atoms with van der Waals surface area (Å²) in [5.41, 5.74) is 3.67. The minimum Gasteiger partial charge on any atom is -0.481 e. The van der Waals surface area contributed by atoms with E-state index in [0.717, 1.165) is 5.52 Å². The number of hydrogen-bond donors (Lipinski definition) is 1. The zero-order valence-electron chi connectivity index (χ0n) is 9.59. The number of rotatable bonds is 2. The Morgan fingerprint density at radius 2 is 2.13 bits per heavy atom. The van der Waals surface area contributed by atoms with Gasteiger partial charge in [-0.25, -0.2) is 4.98 Å². The minimum atomic E-state index is 0.503. The van der Waals surface area contributed by atoms with E-state index in [1.165, 1.54) is 16.6 Å². The van der Waals surface area contributed by atoms with Gasteiger partial charge in [0.15, 0.2) is 0 Å². The van der Waals surface area contributed by atoms with Crippen LogP contribution in [0.3, 0.4) is 0 Å². The Morgan fingerprint density at radius 1 is 1.40 bits per heavy atom. The van der Waals surface area contributed by atoms with E-state index < -0.39 is 0 Å². The largest absolute Gasteiger partial charge is 0.481 e. The Bertz CT molecular complexity index is 486. The summed E-state index contributed by atoms with van der Waals surface area (Å²) in [5.74, 6) is 1.16. The maximum absolute atomic E-state index is 5.10. The van der Waals surface area contributed by atoms with Gasteiger partial charge in [-0.15, -0.1) is 0 Å². The van der Waals surface area contributed by atoms with Crippen LogP contribution in [0.5, 0.6) is 5.88 Å². The molecule has 3 nitrogen and oxygen atoms in total. The Balaban J connectivity index is 2.65. The predicted molar refractivity (Wildman–Crippen MR) is 61.5 cm³/mol. The summed E-state index contributed by atoms with van der Waals surface area (Å²) >= 11 is 0. The number of aryl methyl sites for hydroxylation is 1. The first-order chi connectivity index (χ1) is 7.13. The molecule has 0 unspecified atom stereocenters. The van der Waals surface area contributed by atoms with Crippen LogP contribution in [-0.2, 0) is 0 Å².